The number of aromatic nitrogens is 3. The first kappa shape index (κ1) is 18.4. The lowest BCUT2D eigenvalue weighted by Gasteiger charge is -2.32. The van der Waals surface area contributed by atoms with Crippen molar-refractivity contribution in [1.29, 1.82) is 0 Å². The molecular weight excluding hydrogens is 330 g/mol. The molecule has 3 rings (SSSR count). The molecule has 26 heavy (non-hydrogen) atoms. The lowest BCUT2D eigenvalue weighted by Crippen LogP contribution is -2.44. The van der Waals surface area contributed by atoms with Crippen LogP contribution in [0.1, 0.15) is 42.0 Å². The number of hydrogen-bond acceptors (Lipinski definition) is 6. The molecule has 140 valence electrons. The number of rotatable bonds is 6. The van der Waals surface area contributed by atoms with E-state index >= 15 is 0 Å². The Morgan fingerprint density at radius 2 is 2.23 bits per heavy atom. The Morgan fingerprint density at radius 1 is 1.38 bits per heavy atom. The molecule has 0 radical (unpaired) electrons. The van der Waals surface area contributed by atoms with Crippen molar-refractivity contribution in [3.63, 3.8) is 0 Å². The third-order valence-corrected chi connectivity index (χ3v) is 4.94. The zero-order valence-electron chi connectivity index (χ0n) is 15.8. The van der Waals surface area contributed by atoms with Gasteiger partial charge >= 0.3 is 0 Å². The van der Waals surface area contributed by atoms with E-state index in [4.69, 9.17) is 4.52 Å². The van der Waals surface area contributed by atoms with Crippen LogP contribution >= 0.6 is 0 Å². The van der Waals surface area contributed by atoms with Gasteiger partial charge in [-0.3, -0.25) is 4.79 Å². The van der Waals surface area contributed by atoms with Crippen LogP contribution < -0.4 is 10.2 Å². The van der Waals surface area contributed by atoms with Gasteiger partial charge < -0.3 is 14.7 Å². The van der Waals surface area contributed by atoms with Gasteiger partial charge in [0.2, 0.25) is 11.9 Å². The maximum absolute atomic E-state index is 12.5. The Balaban J connectivity index is 1.47. The predicted octanol–water partition coefficient (Wildman–Crippen LogP) is 2.36. The first-order valence-electron chi connectivity index (χ1n) is 9.28. The number of piperidine rings is 1. The lowest BCUT2D eigenvalue weighted by atomic mass is 9.97. The Hall–Kier alpha value is -2.44. The van der Waals surface area contributed by atoms with E-state index in [0.717, 1.165) is 60.9 Å². The molecular formula is C19H27N5O2. The molecule has 1 fully saturated rings. The SMILES string of the molecule is Cc1ccnc(N2CCCC(C(=O)NCCCc3c(C)noc3C)C2)n1. The van der Waals surface area contributed by atoms with Gasteiger partial charge in [-0.25, -0.2) is 9.97 Å². The van der Waals surface area contributed by atoms with Gasteiger partial charge in [-0.15, -0.1) is 0 Å². The first-order valence-corrected chi connectivity index (χ1v) is 9.28. The van der Waals surface area contributed by atoms with Crippen LogP contribution in [-0.4, -0.2) is 40.7 Å². The summed E-state index contributed by atoms with van der Waals surface area (Å²) in [7, 11) is 0. The van der Waals surface area contributed by atoms with Gasteiger partial charge in [0.05, 0.1) is 11.6 Å². The highest BCUT2D eigenvalue weighted by Crippen LogP contribution is 2.20. The number of nitrogens with zero attached hydrogens (tertiary/aromatic N) is 4. The van der Waals surface area contributed by atoms with E-state index in [1.54, 1.807) is 6.20 Å². The molecule has 1 amide bonds. The molecule has 1 N–H and O–H groups in total. The molecule has 0 spiro atoms. The fourth-order valence-corrected chi connectivity index (χ4v) is 3.44. The van der Waals surface area contributed by atoms with Gasteiger partial charge in [0.1, 0.15) is 5.76 Å². The highest BCUT2D eigenvalue weighted by atomic mass is 16.5. The fraction of sp³-hybridized carbons (Fsp3) is 0.579. The van der Waals surface area contributed by atoms with Crippen molar-refractivity contribution in [3.8, 4) is 0 Å². The molecule has 7 heteroatoms. The number of hydrogen-bond donors (Lipinski definition) is 1. The van der Waals surface area contributed by atoms with Crippen molar-refractivity contribution in [1.82, 2.24) is 20.4 Å². The minimum atomic E-state index is -0.00748. The second-order valence-corrected chi connectivity index (χ2v) is 6.98. The van der Waals surface area contributed by atoms with Crippen molar-refractivity contribution in [2.24, 2.45) is 5.92 Å². The van der Waals surface area contributed by atoms with Gasteiger partial charge in [0.25, 0.3) is 0 Å². The zero-order chi connectivity index (χ0) is 18.5. The highest BCUT2D eigenvalue weighted by molar-refractivity contribution is 5.79. The van der Waals surface area contributed by atoms with Crippen LogP contribution in [0.5, 0.6) is 0 Å². The van der Waals surface area contributed by atoms with E-state index in [-0.39, 0.29) is 11.8 Å². The van der Waals surface area contributed by atoms with Gasteiger partial charge in [0, 0.05) is 37.1 Å². The zero-order valence-corrected chi connectivity index (χ0v) is 15.8. The summed E-state index contributed by atoms with van der Waals surface area (Å²) in [5.41, 5.74) is 3.04. The van der Waals surface area contributed by atoms with Crippen LogP contribution in [-0.2, 0) is 11.2 Å². The van der Waals surface area contributed by atoms with Gasteiger partial charge in [0.15, 0.2) is 0 Å². The fourth-order valence-electron chi connectivity index (χ4n) is 3.44. The Bertz CT molecular complexity index is 739. The van der Waals surface area contributed by atoms with Crippen molar-refractivity contribution in [2.75, 3.05) is 24.5 Å². The van der Waals surface area contributed by atoms with E-state index < -0.39 is 0 Å². The first-order chi connectivity index (χ1) is 12.5. The highest BCUT2D eigenvalue weighted by Gasteiger charge is 2.26. The molecule has 0 bridgehead atoms. The lowest BCUT2D eigenvalue weighted by molar-refractivity contribution is -0.125. The van der Waals surface area contributed by atoms with Gasteiger partial charge in [-0.2, -0.15) is 0 Å². The summed E-state index contributed by atoms with van der Waals surface area (Å²) < 4.78 is 5.18. The van der Waals surface area contributed by atoms with E-state index in [0.29, 0.717) is 13.1 Å². The second kappa shape index (κ2) is 8.29. The third-order valence-electron chi connectivity index (χ3n) is 4.94. The van der Waals surface area contributed by atoms with Crippen LogP contribution in [0.3, 0.4) is 0 Å². The number of amides is 1. The minimum Gasteiger partial charge on any atom is -0.361 e. The van der Waals surface area contributed by atoms with E-state index in [2.05, 4.69) is 25.3 Å². The molecule has 1 aliphatic heterocycles. The maximum Gasteiger partial charge on any atom is 0.225 e. The summed E-state index contributed by atoms with van der Waals surface area (Å²) in [5.74, 6) is 1.71. The molecule has 1 saturated heterocycles. The third kappa shape index (κ3) is 4.39. The van der Waals surface area contributed by atoms with Crippen LogP contribution in [0, 0.1) is 26.7 Å². The largest absolute Gasteiger partial charge is 0.361 e. The van der Waals surface area contributed by atoms with E-state index in [1.807, 2.05) is 26.8 Å². The summed E-state index contributed by atoms with van der Waals surface area (Å²) >= 11 is 0. The van der Waals surface area contributed by atoms with Crippen molar-refractivity contribution >= 4 is 11.9 Å². The van der Waals surface area contributed by atoms with Crippen molar-refractivity contribution < 1.29 is 9.32 Å². The number of aryl methyl sites for hydroxylation is 3. The van der Waals surface area contributed by atoms with Crippen LogP contribution in [0.25, 0.3) is 0 Å². The molecule has 1 unspecified atom stereocenters. The van der Waals surface area contributed by atoms with Gasteiger partial charge in [-0.1, -0.05) is 5.16 Å². The normalized spacial score (nSPS) is 17.3. The second-order valence-electron chi connectivity index (χ2n) is 6.98. The number of nitrogens with one attached hydrogen (secondary N) is 1. The molecule has 7 nitrogen and oxygen atoms in total. The Labute approximate surface area is 154 Å². The summed E-state index contributed by atoms with van der Waals surface area (Å²) in [6.45, 7) is 8.09. The van der Waals surface area contributed by atoms with E-state index in [9.17, 15) is 4.79 Å². The quantitative estimate of drug-likeness (QED) is 0.799. The van der Waals surface area contributed by atoms with Crippen molar-refractivity contribution in [2.45, 2.75) is 46.5 Å². The molecule has 0 saturated carbocycles. The smallest absolute Gasteiger partial charge is 0.225 e. The molecule has 2 aromatic heterocycles. The molecule has 1 atom stereocenters. The predicted molar refractivity (Wildman–Crippen MR) is 99.0 cm³/mol. The molecule has 3 heterocycles. The molecule has 0 aromatic carbocycles. The topological polar surface area (TPSA) is 84.2 Å². The summed E-state index contributed by atoms with van der Waals surface area (Å²) in [5, 5.41) is 7.05. The maximum atomic E-state index is 12.5. The summed E-state index contributed by atoms with van der Waals surface area (Å²) in [6, 6.07) is 1.89. The molecule has 2 aromatic rings. The monoisotopic (exact) mass is 357 g/mol. The number of carbonyl (C=O) groups excluding carboxylic acids is 1. The van der Waals surface area contributed by atoms with Crippen LogP contribution in [0.4, 0.5) is 5.95 Å². The number of anilines is 1. The standard InChI is InChI=1S/C19H27N5O2/c1-13-8-10-21-19(22-13)24-11-5-6-16(12-24)18(25)20-9-4-7-17-14(2)23-26-15(17)3/h8,10,16H,4-7,9,11-12H2,1-3H3,(H,20,25). The minimum absolute atomic E-state index is 0.00748. The summed E-state index contributed by atoms with van der Waals surface area (Å²) in [6.07, 6.45) is 5.42. The van der Waals surface area contributed by atoms with Gasteiger partial charge in [-0.05, 0) is 52.5 Å². The van der Waals surface area contributed by atoms with Crippen LogP contribution in [0.2, 0.25) is 0 Å². The molecule has 0 aliphatic carbocycles. The van der Waals surface area contributed by atoms with Crippen molar-refractivity contribution in [3.05, 3.63) is 35.0 Å². The Morgan fingerprint density at radius 3 is 2.96 bits per heavy atom. The van der Waals surface area contributed by atoms with Crippen LogP contribution in [0.15, 0.2) is 16.8 Å². The average molecular weight is 357 g/mol. The summed E-state index contributed by atoms with van der Waals surface area (Å²) in [4.78, 5) is 23.5. The number of carbonyl (C=O) groups is 1. The van der Waals surface area contributed by atoms with E-state index in [1.165, 1.54) is 0 Å². The Kier molecular flexibility index (Phi) is 5.85. The molecule has 1 aliphatic rings. The average Bonchev–Trinajstić information content (AvgIpc) is 2.97.